The van der Waals surface area contributed by atoms with Gasteiger partial charge in [0, 0.05) is 22.8 Å². The van der Waals surface area contributed by atoms with Crippen LogP contribution < -0.4 is 4.74 Å². The molecule has 0 amide bonds. The highest BCUT2D eigenvalue weighted by Gasteiger charge is 2.07. The molecule has 0 aliphatic rings. The number of halogens is 1. The molecule has 0 saturated carbocycles. The first-order chi connectivity index (χ1) is 10.1. The third kappa shape index (κ3) is 4.13. The van der Waals surface area contributed by atoms with Crippen molar-refractivity contribution in [3.63, 3.8) is 0 Å². The molecule has 0 aliphatic heterocycles. The topological polar surface area (TPSA) is 64.7 Å². The van der Waals surface area contributed by atoms with Crippen LogP contribution in [0.2, 0.25) is 0 Å². The molecular formula is C15H13BrN2O3. The number of ether oxygens (including phenoxy) is 1. The van der Waals surface area contributed by atoms with Crippen molar-refractivity contribution >= 4 is 33.5 Å². The van der Waals surface area contributed by atoms with E-state index >= 15 is 0 Å². The van der Waals surface area contributed by atoms with Gasteiger partial charge in [-0.2, -0.15) is 0 Å². The Kier molecular flexibility index (Phi) is 5.05. The maximum Gasteiger partial charge on any atom is 0.270 e. The number of non-ortho nitro benzene ring substituents is 1. The van der Waals surface area contributed by atoms with E-state index in [1.54, 1.807) is 12.3 Å². The first kappa shape index (κ1) is 15.2. The third-order valence-electron chi connectivity index (χ3n) is 2.69. The number of benzene rings is 2. The summed E-state index contributed by atoms with van der Waals surface area (Å²) in [6.07, 6.45) is 1.70. The Labute approximate surface area is 130 Å². The van der Waals surface area contributed by atoms with Crippen molar-refractivity contribution < 1.29 is 9.66 Å². The zero-order chi connectivity index (χ0) is 15.2. The van der Waals surface area contributed by atoms with Crippen LogP contribution in [0.5, 0.6) is 5.75 Å². The van der Waals surface area contributed by atoms with Gasteiger partial charge in [0.25, 0.3) is 5.69 Å². The Hall–Kier alpha value is -2.21. The molecule has 5 nitrogen and oxygen atoms in total. The minimum Gasteiger partial charge on any atom is -0.494 e. The quantitative estimate of drug-likeness (QED) is 0.453. The van der Waals surface area contributed by atoms with Crippen molar-refractivity contribution in [2.75, 3.05) is 6.61 Å². The highest BCUT2D eigenvalue weighted by molar-refractivity contribution is 9.10. The lowest BCUT2D eigenvalue weighted by molar-refractivity contribution is -0.384. The van der Waals surface area contributed by atoms with Crippen LogP contribution in [0.3, 0.4) is 0 Å². The van der Waals surface area contributed by atoms with Gasteiger partial charge in [0.05, 0.1) is 17.2 Å². The molecule has 0 heterocycles. The van der Waals surface area contributed by atoms with Crippen molar-refractivity contribution in [1.82, 2.24) is 0 Å². The van der Waals surface area contributed by atoms with Gasteiger partial charge >= 0.3 is 0 Å². The van der Waals surface area contributed by atoms with E-state index in [0.717, 1.165) is 11.3 Å². The molecule has 0 saturated heterocycles. The maximum atomic E-state index is 10.7. The summed E-state index contributed by atoms with van der Waals surface area (Å²) < 4.78 is 5.94. The summed E-state index contributed by atoms with van der Waals surface area (Å²) in [5, 5.41) is 10.7. The fourth-order valence-corrected chi connectivity index (χ4v) is 2.14. The van der Waals surface area contributed by atoms with Gasteiger partial charge in [-0.25, -0.2) is 0 Å². The Morgan fingerprint density at radius 2 is 2.00 bits per heavy atom. The third-order valence-corrected chi connectivity index (χ3v) is 3.32. The van der Waals surface area contributed by atoms with Gasteiger partial charge in [0.2, 0.25) is 0 Å². The lowest BCUT2D eigenvalue weighted by atomic mass is 10.2. The van der Waals surface area contributed by atoms with E-state index in [-0.39, 0.29) is 5.69 Å². The highest BCUT2D eigenvalue weighted by Crippen LogP contribution is 2.29. The smallest absolute Gasteiger partial charge is 0.270 e. The average molecular weight is 349 g/mol. The monoisotopic (exact) mass is 348 g/mol. The number of aliphatic imine (C=N–C) groups is 1. The Balaban J connectivity index is 2.15. The summed E-state index contributed by atoms with van der Waals surface area (Å²) in [5.41, 5.74) is 1.58. The summed E-state index contributed by atoms with van der Waals surface area (Å²) in [6.45, 7) is 2.56. The van der Waals surface area contributed by atoms with Crippen molar-refractivity contribution in [1.29, 1.82) is 0 Å². The minimum atomic E-state index is -0.440. The van der Waals surface area contributed by atoms with E-state index in [0.29, 0.717) is 16.8 Å². The molecule has 0 N–H and O–H groups in total. The lowest BCUT2D eigenvalue weighted by Gasteiger charge is -2.02. The molecule has 0 atom stereocenters. The molecule has 2 aromatic carbocycles. The molecule has 0 fully saturated rings. The molecule has 108 valence electrons. The van der Waals surface area contributed by atoms with E-state index in [1.165, 1.54) is 12.1 Å². The van der Waals surface area contributed by atoms with Crippen LogP contribution in [0.15, 0.2) is 51.9 Å². The Morgan fingerprint density at radius 3 is 2.57 bits per heavy atom. The summed E-state index contributed by atoms with van der Waals surface area (Å²) in [6, 6.07) is 12.0. The van der Waals surface area contributed by atoms with Crippen LogP contribution >= 0.6 is 15.9 Å². The largest absolute Gasteiger partial charge is 0.494 e. The standard InChI is InChI=1S/C15H13BrN2O3/c1-2-21-13-6-3-11(4-7-13)10-17-15-8-5-12(18(19)20)9-14(15)16/h3-10H,2H2,1H3. The van der Waals surface area contributed by atoms with Crippen LogP contribution in [0.1, 0.15) is 12.5 Å². The molecule has 0 aromatic heterocycles. The first-order valence-corrected chi connectivity index (χ1v) is 7.10. The minimum absolute atomic E-state index is 0.0295. The molecule has 0 radical (unpaired) electrons. The molecule has 6 heteroatoms. The molecule has 2 aromatic rings. The zero-order valence-electron chi connectivity index (χ0n) is 11.3. The van der Waals surface area contributed by atoms with Crippen molar-refractivity contribution in [2.45, 2.75) is 6.92 Å². The second-order valence-corrected chi connectivity index (χ2v) is 5.01. The second kappa shape index (κ2) is 6.99. The predicted octanol–water partition coefficient (Wildman–Crippen LogP) is 4.51. The van der Waals surface area contributed by atoms with Gasteiger partial charge in [0.1, 0.15) is 5.75 Å². The number of nitro benzene ring substituents is 1. The Bertz CT molecular complexity index is 669. The summed E-state index contributed by atoms with van der Waals surface area (Å²) >= 11 is 3.28. The number of rotatable bonds is 5. The van der Waals surface area contributed by atoms with Crippen molar-refractivity contribution in [3.8, 4) is 5.75 Å². The predicted molar refractivity (Wildman–Crippen MR) is 85.7 cm³/mol. The molecule has 0 spiro atoms. The molecule has 2 rings (SSSR count). The molecule has 0 bridgehead atoms. The van der Waals surface area contributed by atoms with Gasteiger partial charge < -0.3 is 4.74 Å². The average Bonchev–Trinajstić information content (AvgIpc) is 2.47. The second-order valence-electron chi connectivity index (χ2n) is 4.15. The first-order valence-electron chi connectivity index (χ1n) is 6.31. The summed E-state index contributed by atoms with van der Waals surface area (Å²) in [7, 11) is 0. The van der Waals surface area contributed by atoms with E-state index in [9.17, 15) is 10.1 Å². The Morgan fingerprint density at radius 1 is 1.29 bits per heavy atom. The number of hydrogen-bond acceptors (Lipinski definition) is 4. The molecule has 0 unspecified atom stereocenters. The lowest BCUT2D eigenvalue weighted by Crippen LogP contribution is -1.91. The van der Waals surface area contributed by atoms with Gasteiger partial charge in [-0.05, 0) is 58.7 Å². The van der Waals surface area contributed by atoms with E-state index in [2.05, 4.69) is 20.9 Å². The van der Waals surface area contributed by atoms with Crippen LogP contribution in [0.25, 0.3) is 0 Å². The van der Waals surface area contributed by atoms with Gasteiger partial charge in [0.15, 0.2) is 0 Å². The van der Waals surface area contributed by atoms with Gasteiger partial charge in [-0.15, -0.1) is 0 Å². The van der Waals surface area contributed by atoms with Gasteiger partial charge in [-0.3, -0.25) is 15.1 Å². The maximum absolute atomic E-state index is 10.7. The molecular weight excluding hydrogens is 336 g/mol. The van der Waals surface area contributed by atoms with E-state index < -0.39 is 4.92 Å². The van der Waals surface area contributed by atoms with Gasteiger partial charge in [-0.1, -0.05) is 0 Å². The fourth-order valence-electron chi connectivity index (χ4n) is 1.67. The van der Waals surface area contributed by atoms with E-state index in [4.69, 9.17) is 4.74 Å². The van der Waals surface area contributed by atoms with Crippen LogP contribution in [0, 0.1) is 10.1 Å². The van der Waals surface area contributed by atoms with Crippen molar-refractivity contribution in [3.05, 3.63) is 62.6 Å². The number of nitro groups is 1. The van der Waals surface area contributed by atoms with Crippen molar-refractivity contribution in [2.24, 2.45) is 4.99 Å². The summed E-state index contributed by atoms with van der Waals surface area (Å²) in [5.74, 6) is 0.811. The number of hydrogen-bond donors (Lipinski definition) is 0. The van der Waals surface area contributed by atoms with Crippen LogP contribution in [0.4, 0.5) is 11.4 Å². The van der Waals surface area contributed by atoms with E-state index in [1.807, 2.05) is 31.2 Å². The fraction of sp³-hybridized carbons (Fsp3) is 0.133. The highest BCUT2D eigenvalue weighted by atomic mass is 79.9. The number of nitrogens with zero attached hydrogens (tertiary/aromatic N) is 2. The SMILES string of the molecule is CCOc1ccc(C=Nc2ccc([N+](=O)[O-])cc2Br)cc1. The summed E-state index contributed by atoms with van der Waals surface area (Å²) in [4.78, 5) is 14.5. The van der Waals surface area contributed by atoms with Crippen LogP contribution in [-0.4, -0.2) is 17.7 Å². The van der Waals surface area contributed by atoms with Crippen LogP contribution in [-0.2, 0) is 0 Å². The molecule has 0 aliphatic carbocycles. The molecule has 21 heavy (non-hydrogen) atoms. The zero-order valence-corrected chi connectivity index (χ0v) is 12.9. The normalized spacial score (nSPS) is 10.8.